The fraction of sp³-hybridized carbons (Fsp3) is 0.933. The number of nitrogens with zero attached hydrogens (tertiary/aromatic N) is 2. The smallest absolute Gasteiger partial charge is 0.239 e. The van der Waals surface area contributed by atoms with Crippen molar-refractivity contribution in [1.29, 1.82) is 0 Å². The summed E-state index contributed by atoms with van der Waals surface area (Å²) in [5.41, 5.74) is 0. The van der Waals surface area contributed by atoms with Gasteiger partial charge in [-0.2, -0.15) is 0 Å². The monoisotopic (exact) mass is 265 g/mol. The van der Waals surface area contributed by atoms with Gasteiger partial charge in [0.15, 0.2) is 0 Å². The van der Waals surface area contributed by atoms with E-state index in [-0.39, 0.29) is 6.04 Å². The number of likely N-dealkylation sites (tertiary alicyclic amines) is 1. The van der Waals surface area contributed by atoms with Crippen LogP contribution >= 0.6 is 0 Å². The van der Waals surface area contributed by atoms with Crippen LogP contribution in [0.1, 0.15) is 39.0 Å². The number of carbonyl (C=O) groups excluding carboxylic acids is 1. The second-order valence-electron chi connectivity index (χ2n) is 6.52. The average Bonchev–Trinajstić information content (AvgIpc) is 2.48. The quantitative estimate of drug-likeness (QED) is 0.829. The number of piperidine rings is 4. The summed E-state index contributed by atoms with van der Waals surface area (Å²) in [4.78, 5) is 17.0. The predicted molar refractivity (Wildman–Crippen MR) is 76.0 cm³/mol. The molecule has 19 heavy (non-hydrogen) atoms. The van der Waals surface area contributed by atoms with E-state index < -0.39 is 0 Å². The van der Waals surface area contributed by atoms with E-state index in [1.54, 1.807) is 0 Å². The normalized spacial score (nSPS) is 36.3. The Morgan fingerprint density at radius 3 is 2.37 bits per heavy atom. The summed E-state index contributed by atoms with van der Waals surface area (Å²) in [7, 11) is 0. The van der Waals surface area contributed by atoms with E-state index in [0.29, 0.717) is 11.9 Å². The molecule has 4 heterocycles. The molecule has 0 unspecified atom stereocenters. The van der Waals surface area contributed by atoms with Crippen LogP contribution in [0.25, 0.3) is 0 Å². The van der Waals surface area contributed by atoms with Crippen molar-refractivity contribution in [2.24, 2.45) is 5.92 Å². The highest BCUT2D eigenvalue weighted by molar-refractivity contribution is 5.81. The molecule has 2 atom stereocenters. The molecule has 1 amide bonds. The van der Waals surface area contributed by atoms with Crippen LogP contribution in [-0.4, -0.2) is 60.5 Å². The maximum atomic E-state index is 12.4. The predicted octanol–water partition coefficient (Wildman–Crippen LogP) is 1.07. The third-order valence-corrected chi connectivity index (χ3v) is 5.16. The number of hydrogen-bond acceptors (Lipinski definition) is 3. The van der Waals surface area contributed by atoms with Gasteiger partial charge in [-0.25, -0.2) is 0 Å². The number of nitrogens with one attached hydrogen (secondary N) is 1. The molecule has 1 N–H and O–H groups in total. The van der Waals surface area contributed by atoms with Crippen molar-refractivity contribution < 1.29 is 4.79 Å². The van der Waals surface area contributed by atoms with Crippen molar-refractivity contribution in [1.82, 2.24) is 15.1 Å². The topological polar surface area (TPSA) is 35.6 Å². The van der Waals surface area contributed by atoms with Gasteiger partial charge in [0.1, 0.15) is 0 Å². The lowest BCUT2D eigenvalue weighted by Crippen LogP contribution is -2.60. The molecule has 0 aromatic heterocycles. The minimum atomic E-state index is -0.0105. The van der Waals surface area contributed by atoms with Gasteiger partial charge in [-0.15, -0.1) is 0 Å². The van der Waals surface area contributed by atoms with E-state index in [4.69, 9.17) is 0 Å². The Balaban J connectivity index is 1.52. The molecule has 0 aromatic carbocycles. The first-order valence-corrected chi connectivity index (χ1v) is 8.01. The van der Waals surface area contributed by atoms with Gasteiger partial charge >= 0.3 is 0 Å². The summed E-state index contributed by atoms with van der Waals surface area (Å²) >= 11 is 0. The summed E-state index contributed by atoms with van der Waals surface area (Å²) in [6.45, 7) is 7.64. The van der Waals surface area contributed by atoms with Gasteiger partial charge in [-0.1, -0.05) is 0 Å². The summed E-state index contributed by atoms with van der Waals surface area (Å²) in [5.74, 6) is 1.11. The largest absolute Gasteiger partial charge is 0.341 e. The van der Waals surface area contributed by atoms with E-state index in [0.717, 1.165) is 25.6 Å². The Bertz CT molecular complexity index is 319. The van der Waals surface area contributed by atoms with Gasteiger partial charge in [0, 0.05) is 25.7 Å². The van der Waals surface area contributed by atoms with Crippen LogP contribution in [0.2, 0.25) is 0 Å². The minimum absolute atomic E-state index is 0.0105. The van der Waals surface area contributed by atoms with E-state index in [9.17, 15) is 4.79 Å². The Morgan fingerprint density at radius 2 is 1.79 bits per heavy atom. The van der Waals surface area contributed by atoms with Crippen molar-refractivity contribution in [2.45, 2.75) is 51.1 Å². The molecule has 4 fully saturated rings. The summed E-state index contributed by atoms with van der Waals surface area (Å²) in [6, 6.07) is 0.523. The average molecular weight is 265 g/mol. The van der Waals surface area contributed by atoms with Crippen LogP contribution in [0.4, 0.5) is 0 Å². The second-order valence-corrected chi connectivity index (χ2v) is 6.52. The Kier molecular flexibility index (Phi) is 4.08. The van der Waals surface area contributed by atoms with Crippen molar-refractivity contribution in [2.75, 3.05) is 32.7 Å². The van der Waals surface area contributed by atoms with E-state index >= 15 is 0 Å². The summed E-state index contributed by atoms with van der Waals surface area (Å²) in [5, 5.41) is 3.61. The molecule has 4 aliphatic heterocycles. The molecule has 0 aliphatic carbocycles. The minimum Gasteiger partial charge on any atom is -0.341 e. The van der Waals surface area contributed by atoms with E-state index in [2.05, 4.69) is 22.0 Å². The molecule has 4 heteroatoms. The fourth-order valence-corrected chi connectivity index (χ4v) is 3.93. The zero-order valence-electron chi connectivity index (χ0n) is 12.1. The lowest BCUT2D eigenvalue weighted by atomic mass is 9.83. The van der Waals surface area contributed by atoms with Gasteiger partial charge in [-0.05, 0) is 58.0 Å². The molecule has 0 spiro atoms. The van der Waals surface area contributed by atoms with Crippen LogP contribution in [0.15, 0.2) is 0 Å². The molecular formula is C15H27N3O. The van der Waals surface area contributed by atoms with Crippen molar-refractivity contribution in [3.63, 3.8) is 0 Å². The molecule has 4 aliphatic rings. The summed E-state index contributed by atoms with van der Waals surface area (Å²) < 4.78 is 0. The first-order valence-electron chi connectivity index (χ1n) is 8.01. The molecule has 4 rings (SSSR count). The number of hydrogen-bond donors (Lipinski definition) is 1. The lowest BCUT2D eigenvalue weighted by Gasteiger charge is -2.46. The van der Waals surface area contributed by atoms with Crippen LogP contribution in [0.3, 0.4) is 0 Å². The number of carbonyl (C=O) groups is 1. The number of fused-ring (bicyclic) bond motifs is 3. The highest BCUT2D eigenvalue weighted by Crippen LogP contribution is 2.27. The summed E-state index contributed by atoms with van der Waals surface area (Å²) in [6.07, 6.45) is 6.26. The van der Waals surface area contributed by atoms with Crippen LogP contribution in [0.5, 0.6) is 0 Å². The zero-order chi connectivity index (χ0) is 13.2. The highest BCUT2D eigenvalue weighted by Gasteiger charge is 2.35. The van der Waals surface area contributed by atoms with Gasteiger partial charge in [-0.3, -0.25) is 4.79 Å². The Hall–Kier alpha value is -0.610. The standard InChI is InChI=1S/C15H27N3O/c1-12(15(19)18-7-3-2-4-8-18)16-14-11-17-9-5-13(14)6-10-17/h12-14,16H,2-11H2,1H3/t12-,14-/m0/s1. The number of amides is 1. The van der Waals surface area contributed by atoms with Gasteiger partial charge in [0.25, 0.3) is 0 Å². The SMILES string of the molecule is C[C@H](N[C@H]1CN2CCC1CC2)C(=O)N1CCCCC1. The highest BCUT2D eigenvalue weighted by atomic mass is 16.2. The van der Waals surface area contributed by atoms with Crippen molar-refractivity contribution >= 4 is 5.91 Å². The van der Waals surface area contributed by atoms with E-state index in [1.807, 2.05) is 0 Å². The molecule has 108 valence electrons. The molecule has 4 nitrogen and oxygen atoms in total. The molecule has 2 bridgehead atoms. The van der Waals surface area contributed by atoms with Crippen molar-refractivity contribution in [3.05, 3.63) is 0 Å². The lowest BCUT2D eigenvalue weighted by molar-refractivity contribution is -0.134. The van der Waals surface area contributed by atoms with Gasteiger partial charge in [0.2, 0.25) is 5.91 Å². The van der Waals surface area contributed by atoms with Gasteiger partial charge < -0.3 is 15.1 Å². The third kappa shape index (κ3) is 2.95. The van der Waals surface area contributed by atoms with Crippen LogP contribution < -0.4 is 5.32 Å². The molecule has 0 saturated carbocycles. The Labute approximate surface area is 116 Å². The maximum Gasteiger partial charge on any atom is 0.239 e. The van der Waals surface area contributed by atoms with Gasteiger partial charge in [0.05, 0.1) is 6.04 Å². The second kappa shape index (κ2) is 5.80. The van der Waals surface area contributed by atoms with Crippen molar-refractivity contribution in [3.8, 4) is 0 Å². The van der Waals surface area contributed by atoms with Crippen LogP contribution in [-0.2, 0) is 4.79 Å². The number of rotatable bonds is 3. The first-order chi connectivity index (χ1) is 9.24. The maximum absolute atomic E-state index is 12.4. The molecular weight excluding hydrogens is 238 g/mol. The Morgan fingerprint density at radius 1 is 1.11 bits per heavy atom. The molecule has 0 aromatic rings. The zero-order valence-corrected chi connectivity index (χ0v) is 12.1. The molecule has 4 saturated heterocycles. The first kappa shape index (κ1) is 13.4. The van der Waals surface area contributed by atoms with E-state index in [1.165, 1.54) is 45.2 Å². The fourth-order valence-electron chi connectivity index (χ4n) is 3.93. The molecule has 0 radical (unpaired) electrons. The van der Waals surface area contributed by atoms with Crippen LogP contribution in [0, 0.1) is 5.92 Å². The third-order valence-electron chi connectivity index (χ3n) is 5.16.